The number of ether oxygens (including phenoxy) is 2. The predicted octanol–water partition coefficient (Wildman–Crippen LogP) is 4.92. The fourth-order valence-electron chi connectivity index (χ4n) is 4.45. The van der Waals surface area contributed by atoms with E-state index in [2.05, 4.69) is 29.4 Å². The average Bonchev–Trinajstić information content (AvgIpc) is 3.40. The highest BCUT2D eigenvalue weighted by atomic mass is 32.1. The van der Waals surface area contributed by atoms with Crippen LogP contribution in [0.1, 0.15) is 45.7 Å². The minimum Gasteiger partial charge on any atom is -0.482 e. The number of aliphatic imine (C=N–C) groups is 1. The van der Waals surface area contributed by atoms with Crippen molar-refractivity contribution in [3.8, 4) is 10.8 Å². The number of hydrogen-bond acceptors (Lipinski definition) is 9. The number of esters is 1. The van der Waals surface area contributed by atoms with Crippen LogP contribution in [0.15, 0.2) is 53.5 Å². The fraction of sp³-hybridized carbons (Fsp3) is 0.250. The van der Waals surface area contributed by atoms with Gasteiger partial charge in [0.25, 0.3) is 0 Å². The van der Waals surface area contributed by atoms with Crippen LogP contribution in [0.4, 0.5) is 11.4 Å². The zero-order valence-corrected chi connectivity index (χ0v) is 22.7. The summed E-state index contributed by atoms with van der Waals surface area (Å²) in [5.41, 5.74) is 5.38. The molecule has 5 rings (SSSR count). The number of nitrogens with zero attached hydrogens (tertiary/aromatic N) is 4. The van der Waals surface area contributed by atoms with E-state index in [0.29, 0.717) is 11.6 Å². The van der Waals surface area contributed by atoms with E-state index < -0.39 is 18.6 Å². The molecule has 200 valence electrons. The summed E-state index contributed by atoms with van der Waals surface area (Å²) in [7, 11) is 1.36. The summed E-state index contributed by atoms with van der Waals surface area (Å²) in [6.07, 6.45) is 0.0467. The molecule has 3 heterocycles. The maximum absolute atomic E-state index is 12.3. The fourth-order valence-corrected chi connectivity index (χ4v) is 5.67. The molecule has 0 bridgehead atoms. The zero-order valence-electron chi connectivity index (χ0n) is 21.9. The molecular formula is C28H27N5O5S. The average molecular weight is 546 g/mol. The van der Waals surface area contributed by atoms with E-state index in [1.54, 1.807) is 29.5 Å². The van der Waals surface area contributed by atoms with Crippen LogP contribution in [0.3, 0.4) is 0 Å². The largest absolute Gasteiger partial charge is 0.482 e. The van der Waals surface area contributed by atoms with Crippen molar-refractivity contribution < 1.29 is 24.2 Å². The second-order valence-corrected chi connectivity index (χ2v) is 10.3. The zero-order chi connectivity index (χ0) is 27.7. The van der Waals surface area contributed by atoms with Gasteiger partial charge in [-0.15, -0.1) is 21.5 Å². The van der Waals surface area contributed by atoms with Crippen molar-refractivity contribution >= 4 is 40.4 Å². The van der Waals surface area contributed by atoms with E-state index >= 15 is 0 Å². The number of benzene rings is 2. The second kappa shape index (κ2) is 10.7. The quantitative estimate of drug-likeness (QED) is 0.299. The maximum Gasteiger partial charge on any atom is 0.341 e. The van der Waals surface area contributed by atoms with Gasteiger partial charge in [-0.2, -0.15) is 0 Å². The van der Waals surface area contributed by atoms with Crippen LogP contribution < -0.4 is 10.1 Å². The summed E-state index contributed by atoms with van der Waals surface area (Å²) in [6, 6.07) is 14.4. The van der Waals surface area contributed by atoms with Gasteiger partial charge < -0.3 is 19.9 Å². The standard InChI is InChI=1S/C28H27N5O5S/c1-15-16(2)39-28-25(15)26(30-22(13-24(36)37-4)27-32-31-17(3)33(27)28)18-8-10-19(11-9-18)29-20-6-5-7-21(12-20)38-14-23(34)35/h5-12,22,29H,13-14H2,1-4H3,(H,34,35)/t22-/m0/s1. The van der Waals surface area contributed by atoms with E-state index in [0.717, 1.165) is 44.6 Å². The summed E-state index contributed by atoms with van der Waals surface area (Å²) in [5.74, 6) is 0.393. The lowest BCUT2D eigenvalue weighted by molar-refractivity contribution is -0.141. The van der Waals surface area contributed by atoms with Crippen molar-refractivity contribution in [1.29, 1.82) is 0 Å². The van der Waals surface area contributed by atoms with E-state index in [-0.39, 0.29) is 12.4 Å². The number of carbonyl (C=O) groups excluding carboxylic acids is 1. The van der Waals surface area contributed by atoms with Gasteiger partial charge in [-0.05, 0) is 50.6 Å². The molecule has 2 aromatic heterocycles. The molecule has 2 N–H and O–H groups in total. The minimum atomic E-state index is -1.03. The lowest BCUT2D eigenvalue weighted by Crippen LogP contribution is -2.12. The highest BCUT2D eigenvalue weighted by Crippen LogP contribution is 2.39. The van der Waals surface area contributed by atoms with Crippen LogP contribution >= 0.6 is 11.3 Å². The second-order valence-electron chi connectivity index (χ2n) is 9.09. The molecule has 0 aliphatic carbocycles. The Kier molecular flexibility index (Phi) is 7.16. The lowest BCUT2D eigenvalue weighted by atomic mass is 9.99. The van der Waals surface area contributed by atoms with Crippen LogP contribution in [0.25, 0.3) is 5.00 Å². The number of carboxylic acid groups (broad SMARTS) is 1. The van der Waals surface area contributed by atoms with Crippen LogP contribution in [-0.4, -0.2) is 51.2 Å². The summed E-state index contributed by atoms with van der Waals surface area (Å²) >= 11 is 1.65. The third-order valence-electron chi connectivity index (χ3n) is 6.47. The molecule has 0 unspecified atom stereocenters. The predicted molar refractivity (Wildman–Crippen MR) is 148 cm³/mol. The number of nitrogens with one attached hydrogen (secondary N) is 1. The summed E-state index contributed by atoms with van der Waals surface area (Å²) in [5, 5.41) is 21.8. The minimum absolute atomic E-state index is 0.0467. The molecular weight excluding hydrogens is 518 g/mol. The number of carboxylic acids is 1. The van der Waals surface area contributed by atoms with Gasteiger partial charge in [-0.3, -0.25) is 14.4 Å². The van der Waals surface area contributed by atoms with Crippen molar-refractivity contribution in [1.82, 2.24) is 14.8 Å². The molecule has 1 aliphatic rings. The number of aryl methyl sites for hydroxylation is 2. The summed E-state index contributed by atoms with van der Waals surface area (Å²) < 4.78 is 12.2. The first kappa shape index (κ1) is 26.1. The first-order valence-corrected chi connectivity index (χ1v) is 13.1. The first-order valence-electron chi connectivity index (χ1n) is 12.2. The number of fused-ring (bicyclic) bond motifs is 3. The third-order valence-corrected chi connectivity index (χ3v) is 7.66. The molecule has 1 atom stereocenters. The molecule has 0 saturated carbocycles. The summed E-state index contributed by atoms with van der Waals surface area (Å²) in [6.45, 7) is 5.65. The molecule has 0 radical (unpaired) electrons. The number of thiophene rings is 1. The van der Waals surface area contributed by atoms with E-state index in [4.69, 9.17) is 19.6 Å². The van der Waals surface area contributed by atoms with Crippen LogP contribution in [0.5, 0.6) is 5.75 Å². The molecule has 2 aromatic carbocycles. The maximum atomic E-state index is 12.3. The monoisotopic (exact) mass is 545 g/mol. The van der Waals surface area contributed by atoms with Crippen molar-refractivity contribution in [2.45, 2.75) is 33.2 Å². The van der Waals surface area contributed by atoms with Crippen molar-refractivity contribution in [2.75, 3.05) is 19.0 Å². The highest BCUT2D eigenvalue weighted by molar-refractivity contribution is 7.15. The number of anilines is 2. The van der Waals surface area contributed by atoms with Gasteiger partial charge >= 0.3 is 11.9 Å². The van der Waals surface area contributed by atoms with Crippen LogP contribution in [0.2, 0.25) is 0 Å². The topological polar surface area (TPSA) is 128 Å². The lowest BCUT2D eigenvalue weighted by Gasteiger charge is -2.13. The van der Waals surface area contributed by atoms with Gasteiger partial charge in [-0.25, -0.2) is 4.79 Å². The van der Waals surface area contributed by atoms with Gasteiger partial charge in [0.1, 0.15) is 22.6 Å². The molecule has 1 aliphatic heterocycles. The molecule has 10 nitrogen and oxygen atoms in total. The Morgan fingerprint density at radius 1 is 1.08 bits per heavy atom. The molecule has 4 aromatic rings. The first-order chi connectivity index (χ1) is 18.7. The van der Waals surface area contributed by atoms with Crippen molar-refractivity contribution in [3.05, 3.63) is 81.7 Å². The van der Waals surface area contributed by atoms with Crippen LogP contribution in [0, 0.1) is 20.8 Å². The molecule has 11 heteroatoms. The smallest absolute Gasteiger partial charge is 0.341 e. The van der Waals surface area contributed by atoms with Gasteiger partial charge in [-0.1, -0.05) is 18.2 Å². The number of carbonyl (C=O) groups is 2. The van der Waals surface area contributed by atoms with E-state index in [1.165, 1.54) is 12.0 Å². The Balaban J connectivity index is 1.51. The molecule has 39 heavy (non-hydrogen) atoms. The molecule has 0 fully saturated rings. The van der Waals surface area contributed by atoms with Gasteiger partial charge in [0, 0.05) is 33.4 Å². The molecule has 0 spiro atoms. The number of rotatable bonds is 8. The Bertz CT molecular complexity index is 1590. The number of methoxy groups -OCH3 is 1. The third kappa shape index (κ3) is 5.26. The number of aliphatic carboxylic acids is 1. The van der Waals surface area contributed by atoms with Gasteiger partial charge in [0.2, 0.25) is 0 Å². The number of hydrogen-bond donors (Lipinski definition) is 2. The normalized spacial score (nSPS) is 14.1. The van der Waals surface area contributed by atoms with Gasteiger partial charge in [0.15, 0.2) is 12.4 Å². The highest BCUT2D eigenvalue weighted by Gasteiger charge is 2.32. The Labute approximate surface area is 229 Å². The molecule has 0 saturated heterocycles. The van der Waals surface area contributed by atoms with Crippen molar-refractivity contribution in [2.24, 2.45) is 4.99 Å². The Hall–Kier alpha value is -4.51. The Morgan fingerprint density at radius 2 is 1.85 bits per heavy atom. The van der Waals surface area contributed by atoms with Crippen molar-refractivity contribution in [3.63, 3.8) is 0 Å². The van der Waals surface area contributed by atoms with E-state index in [9.17, 15) is 9.59 Å². The van der Waals surface area contributed by atoms with Gasteiger partial charge in [0.05, 0.1) is 19.2 Å². The van der Waals surface area contributed by atoms with E-state index in [1.807, 2.05) is 41.8 Å². The SMILES string of the molecule is COC(=O)C[C@@H]1N=C(c2ccc(Nc3cccc(OCC(=O)O)c3)cc2)c2c(sc(C)c2C)-n2c(C)nnc21. The molecule has 0 amide bonds. The summed E-state index contributed by atoms with van der Waals surface area (Å²) in [4.78, 5) is 29.4. The van der Waals surface area contributed by atoms with Crippen LogP contribution in [-0.2, 0) is 14.3 Å². The Morgan fingerprint density at radius 3 is 2.56 bits per heavy atom. The number of aromatic nitrogens is 3.